The van der Waals surface area contributed by atoms with Crippen LogP contribution in [0.1, 0.15) is 11.3 Å². The number of aryl methyl sites for hydroxylation is 3. The number of fused-ring (bicyclic) bond motifs is 1. The number of ether oxygens (including phenoxy) is 1. The van der Waals surface area contributed by atoms with Gasteiger partial charge in [0.25, 0.3) is 0 Å². The molecule has 3 heteroatoms. The van der Waals surface area contributed by atoms with E-state index >= 15 is 0 Å². The molecular weight excluding hydrogens is 176 g/mol. The zero-order chi connectivity index (χ0) is 10.3. The monoisotopic (exact) mass is 190 g/mol. The van der Waals surface area contributed by atoms with Gasteiger partial charge in [-0.3, -0.25) is 4.68 Å². The molecule has 1 aromatic heterocycles. The van der Waals surface area contributed by atoms with Gasteiger partial charge in [0, 0.05) is 18.1 Å². The summed E-state index contributed by atoms with van der Waals surface area (Å²) in [6, 6.07) is 4.15. The quantitative estimate of drug-likeness (QED) is 0.689. The molecule has 0 radical (unpaired) electrons. The van der Waals surface area contributed by atoms with E-state index in [4.69, 9.17) is 4.74 Å². The maximum Gasteiger partial charge on any atom is 0.147 e. The first-order chi connectivity index (χ1) is 6.63. The van der Waals surface area contributed by atoms with Gasteiger partial charge in [-0.15, -0.1) is 0 Å². The molecule has 1 heterocycles. The minimum atomic E-state index is 0.851. The second-order valence-electron chi connectivity index (χ2n) is 3.57. The molecule has 0 saturated carbocycles. The van der Waals surface area contributed by atoms with E-state index in [0.29, 0.717) is 0 Å². The highest BCUT2D eigenvalue weighted by Gasteiger charge is 2.09. The van der Waals surface area contributed by atoms with Crippen molar-refractivity contribution in [1.29, 1.82) is 0 Å². The highest BCUT2D eigenvalue weighted by molar-refractivity contribution is 5.87. The molecule has 0 bridgehead atoms. The Morgan fingerprint density at radius 2 is 2.00 bits per heavy atom. The maximum absolute atomic E-state index is 5.30. The standard InChI is InChI=1S/C11H14N2O/c1-7-5-9-8(2)13(3)12-11(9)10(6-7)14-4/h5-6H,1-4H3. The Bertz CT molecular complexity index is 485. The molecular formula is C11H14N2O. The van der Waals surface area contributed by atoms with Crippen LogP contribution in [0.15, 0.2) is 12.1 Å². The Hall–Kier alpha value is -1.51. The van der Waals surface area contributed by atoms with Crippen LogP contribution in [0.5, 0.6) is 5.75 Å². The number of nitrogens with zero attached hydrogens (tertiary/aromatic N) is 2. The van der Waals surface area contributed by atoms with E-state index in [-0.39, 0.29) is 0 Å². The molecule has 3 nitrogen and oxygen atoms in total. The Balaban J connectivity index is 2.87. The Labute approximate surface area is 83.3 Å². The van der Waals surface area contributed by atoms with Crippen molar-refractivity contribution in [2.45, 2.75) is 13.8 Å². The summed E-state index contributed by atoms with van der Waals surface area (Å²) in [5.41, 5.74) is 3.31. The van der Waals surface area contributed by atoms with E-state index in [9.17, 15) is 0 Å². The van der Waals surface area contributed by atoms with Gasteiger partial charge in [0.15, 0.2) is 0 Å². The lowest BCUT2D eigenvalue weighted by Gasteiger charge is -2.01. The van der Waals surface area contributed by atoms with E-state index in [1.54, 1.807) is 7.11 Å². The van der Waals surface area contributed by atoms with Gasteiger partial charge in [0.1, 0.15) is 11.3 Å². The van der Waals surface area contributed by atoms with Crippen molar-refractivity contribution in [3.05, 3.63) is 23.4 Å². The van der Waals surface area contributed by atoms with Gasteiger partial charge in [0.05, 0.1) is 7.11 Å². The smallest absolute Gasteiger partial charge is 0.147 e. The second-order valence-corrected chi connectivity index (χ2v) is 3.57. The molecule has 0 saturated heterocycles. The van der Waals surface area contributed by atoms with Crippen LogP contribution in [0.4, 0.5) is 0 Å². The third-order valence-electron chi connectivity index (χ3n) is 2.56. The molecule has 0 atom stereocenters. The Morgan fingerprint density at radius 1 is 1.29 bits per heavy atom. The first-order valence-electron chi connectivity index (χ1n) is 4.61. The average molecular weight is 190 g/mol. The zero-order valence-electron chi connectivity index (χ0n) is 8.96. The number of aromatic nitrogens is 2. The van der Waals surface area contributed by atoms with E-state index in [1.807, 2.05) is 17.8 Å². The summed E-state index contributed by atoms with van der Waals surface area (Å²) < 4.78 is 7.18. The summed E-state index contributed by atoms with van der Waals surface area (Å²) in [7, 11) is 3.63. The van der Waals surface area contributed by atoms with Crippen molar-refractivity contribution in [1.82, 2.24) is 9.78 Å². The molecule has 74 valence electrons. The molecule has 0 aliphatic rings. The van der Waals surface area contributed by atoms with Crippen LogP contribution in [0.3, 0.4) is 0 Å². The highest BCUT2D eigenvalue weighted by atomic mass is 16.5. The third-order valence-corrected chi connectivity index (χ3v) is 2.56. The fourth-order valence-electron chi connectivity index (χ4n) is 1.68. The molecule has 0 fully saturated rings. The lowest BCUT2D eigenvalue weighted by Crippen LogP contribution is -1.91. The zero-order valence-corrected chi connectivity index (χ0v) is 8.96. The van der Waals surface area contributed by atoms with Crippen molar-refractivity contribution in [2.75, 3.05) is 7.11 Å². The van der Waals surface area contributed by atoms with E-state index in [1.165, 1.54) is 16.6 Å². The van der Waals surface area contributed by atoms with Crippen LogP contribution in [0, 0.1) is 13.8 Å². The summed E-state index contributed by atoms with van der Waals surface area (Å²) in [4.78, 5) is 0. The molecule has 0 aliphatic heterocycles. The summed E-state index contributed by atoms with van der Waals surface area (Å²) >= 11 is 0. The Kier molecular flexibility index (Phi) is 1.95. The fraction of sp³-hybridized carbons (Fsp3) is 0.364. The van der Waals surface area contributed by atoms with Crippen molar-refractivity contribution in [3.63, 3.8) is 0 Å². The van der Waals surface area contributed by atoms with Crippen LogP contribution in [-0.4, -0.2) is 16.9 Å². The summed E-state index contributed by atoms with van der Waals surface area (Å²) in [6.07, 6.45) is 0. The van der Waals surface area contributed by atoms with Gasteiger partial charge >= 0.3 is 0 Å². The van der Waals surface area contributed by atoms with Gasteiger partial charge in [-0.25, -0.2) is 0 Å². The van der Waals surface area contributed by atoms with Crippen molar-refractivity contribution < 1.29 is 4.74 Å². The molecule has 2 aromatic rings. The second kappa shape index (κ2) is 3.01. The van der Waals surface area contributed by atoms with Crippen LogP contribution >= 0.6 is 0 Å². The number of methoxy groups -OCH3 is 1. The molecule has 0 amide bonds. The van der Waals surface area contributed by atoms with Gasteiger partial charge in [-0.05, 0) is 31.5 Å². The molecule has 2 rings (SSSR count). The molecule has 0 unspecified atom stereocenters. The average Bonchev–Trinajstić information content (AvgIpc) is 2.43. The minimum absolute atomic E-state index is 0.851. The molecule has 14 heavy (non-hydrogen) atoms. The summed E-state index contributed by atoms with van der Waals surface area (Å²) in [6.45, 7) is 4.13. The summed E-state index contributed by atoms with van der Waals surface area (Å²) in [5.74, 6) is 0.851. The van der Waals surface area contributed by atoms with Crippen molar-refractivity contribution in [2.24, 2.45) is 7.05 Å². The first-order valence-corrected chi connectivity index (χ1v) is 4.61. The van der Waals surface area contributed by atoms with Gasteiger partial charge in [-0.2, -0.15) is 5.10 Å². The number of hydrogen-bond acceptors (Lipinski definition) is 2. The van der Waals surface area contributed by atoms with E-state index < -0.39 is 0 Å². The summed E-state index contributed by atoms with van der Waals surface area (Å²) in [5, 5.41) is 5.59. The number of benzene rings is 1. The SMILES string of the molecule is COc1cc(C)cc2c(C)n(C)nc12. The predicted molar refractivity (Wildman–Crippen MR) is 56.7 cm³/mol. The molecule has 0 aliphatic carbocycles. The van der Waals surface area contributed by atoms with Crippen LogP contribution in [-0.2, 0) is 7.05 Å². The predicted octanol–water partition coefficient (Wildman–Crippen LogP) is 2.20. The number of hydrogen-bond donors (Lipinski definition) is 0. The lowest BCUT2D eigenvalue weighted by molar-refractivity contribution is 0.418. The van der Waals surface area contributed by atoms with Crippen LogP contribution in [0.25, 0.3) is 10.9 Å². The highest BCUT2D eigenvalue weighted by Crippen LogP contribution is 2.27. The van der Waals surface area contributed by atoms with E-state index in [2.05, 4.69) is 25.0 Å². The lowest BCUT2D eigenvalue weighted by atomic mass is 10.1. The molecule has 0 N–H and O–H groups in total. The molecule has 0 spiro atoms. The number of rotatable bonds is 1. The van der Waals surface area contributed by atoms with Crippen LogP contribution < -0.4 is 4.74 Å². The van der Waals surface area contributed by atoms with Gasteiger partial charge in [0.2, 0.25) is 0 Å². The first kappa shape index (κ1) is 9.06. The normalized spacial score (nSPS) is 10.9. The van der Waals surface area contributed by atoms with Crippen LogP contribution in [0.2, 0.25) is 0 Å². The third kappa shape index (κ3) is 1.16. The van der Waals surface area contributed by atoms with Crippen molar-refractivity contribution in [3.8, 4) is 5.75 Å². The van der Waals surface area contributed by atoms with Crippen molar-refractivity contribution >= 4 is 10.9 Å². The maximum atomic E-state index is 5.30. The topological polar surface area (TPSA) is 27.1 Å². The fourth-order valence-corrected chi connectivity index (χ4v) is 1.68. The van der Waals surface area contributed by atoms with E-state index in [0.717, 1.165) is 11.3 Å². The van der Waals surface area contributed by atoms with Gasteiger partial charge < -0.3 is 4.74 Å². The molecule has 1 aromatic carbocycles. The minimum Gasteiger partial charge on any atom is -0.494 e. The Morgan fingerprint density at radius 3 is 2.64 bits per heavy atom. The largest absolute Gasteiger partial charge is 0.494 e. The van der Waals surface area contributed by atoms with Gasteiger partial charge in [-0.1, -0.05) is 0 Å².